The van der Waals surface area contributed by atoms with E-state index < -0.39 is 6.10 Å². The number of hydrogen-bond donors (Lipinski definition) is 1. The van der Waals surface area contributed by atoms with Crippen LogP contribution in [0.25, 0.3) is 0 Å². The summed E-state index contributed by atoms with van der Waals surface area (Å²) in [5.74, 6) is 0.713. The van der Waals surface area contributed by atoms with Gasteiger partial charge in [0.25, 0.3) is 0 Å². The fraction of sp³-hybridized carbons (Fsp3) is 0.647. The van der Waals surface area contributed by atoms with Crippen LogP contribution in [0.5, 0.6) is 0 Å². The summed E-state index contributed by atoms with van der Waals surface area (Å²) in [4.78, 5) is 4.88. The van der Waals surface area contributed by atoms with Crippen LogP contribution in [0, 0.1) is 5.92 Å². The topological polar surface area (TPSA) is 35.9 Å². The van der Waals surface area contributed by atoms with E-state index in [0.717, 1.165) is 51.5 Å². The molecule has 2 unspecified atom stereocenters. The predicted molar refractivity (Wildman–Crippen MR) is 88.2 cm³/mol. The van der Waals surface area contributed by atoms with E-state index in [2.05, 4.69) is 9.80 Å². The molecule has 5 heteroatoms. The predicted octanol–water partition coefficient (Wildman–Crippen LogP) is 2.03. The van der Waals surface area contributed by atoms with Crippen LogP contribution in [0.1, 0.15) is 18.1 Å². The van der Waals surface area contributed by atoms with Crippen molar-refractivity contribution in [3.05, 3.63) is 34.9 Å². The van der Waals surface area contributed by atoms with Crippen LogP contribution in [0.3, 0.4) is 0 Å². The van der Waals surface area contributed by atoms with Crippen LogP contribution in [-0.4, -0.2) is 67.4 Å². The summed E-state index contributed by atoms with van der Waals surface area (Å²) in [7, 11) is 0. The molecule has 1 aromatic carbocycles. The lowest BCUT2D eigenvalue weighted by Crippen LogP contribution is -2.40. The Morgan fingerprint density at radius 2 is 2.05 bits per heavy atom. The van der Waals surface area contributed by atoms with Crippen LogP contribution in [0.4, 0.5) is 0 Å². The zero-order valence-electron chi connectivity index (χ0n) is 13.0. The third-order valence-corrected chi connectivity index (χ3v) is 4.89. The fourth-order valence-corrected chi connectivity index (χ4v) is 3.64. The number of aliphatic hydroxyl groups excluding tert-OH is 1. The highest BCUT2D eigenvalue weighted by molar-refractivity contribution is 6.30. The van der Waals surface area contributed by atoms with Gasteiger partial charge in [0, 0.05) is 37.7 Å². The lowest BCUT2D eigenvalue weighted by atomic mass is 10.1. The van der Waals surface area contributed by atoms with Gasteiger partial charge in [-0.25, -0.2) is 0 Å². The number of aliphatic hydroxyl groups is 1. The van der Waals surface area contributed by atoms with Crippen molar-refractivity contribution in [3.8, 4) is 0 Å². The summed E-state index contributed by atoms with van der Waals surface area (Å²) < 4.78 is 5.40. The van der Waals surface area contributed by atoms with Crippen molar-refractivity contribution < 1.29 is 9.84 Å². The first-order valence-corrected chi connectivity index (χ1v) is 8.54. The summed E-state index contributed by atoms with van der Waals surface area (Å²) in [5, 5.41) is 11.1. The smallest absolute Gasteiger partial charge is 0.0917 e. The van der Waals surface area contributed by atoms with Crippen LogP contribution in [-0.2, 0) is 4.74 Å². The Hall–Kier alpha value is -0.650. The molecule has 0 amide bonds. The van der Waals surface area contributed by atoms with Crippen molar-refractivity contribution in [2.24, 2.45) is 5.92 Å². The van der Waals surface area contributed by atoms with Crippen molar-refractivity contribution >= 4 is 11.6 Å². The number of benzene rings is 1. The molecule has 0 aromatic heterocycles. The third kappa shape index (κ3) is 4.43. The Bertz CT molecular complexity index is 479. The molecule has 0 bridgehead atoms. The minimum absolute atomic E-state index is 0.458. The Morgan fingerprint density at radius 1 is 1.23 bits per heavy atom. The van der Waals surface area contributed by atoms with Crippen molar-refractivity contribution in [3.63, 3.8) is 0 Å². The molecule has 2 aliphatic rings. The number of hydrogen-bond acceptors (Lipinski definition) is 4. The molecule has 0 saturated carbocycles. The number of nitrogens with zero attached hydrogens (tertiary/aromatic N) is 2. The van der Waals surface area contributed by atoms with Gasteiger partial charge in [0.05, 0.1) is 19.3 Å². The van der Waals surface area contributed by atoms with Gasteiger partial charge in [-0.05, 0) is 36.6 Å². The molecule has 2 atom stereocenters. The summed E-state index contributed by atoms with van der Waals surface area (Å²) in [5.41, 5.74) is 0.907. The van der Waals surface area contributed by atoms with Crippen LogP contribution < -0.4 is 0 Å². The second-order valence-electron chi connectivity index (χ2n) is 6.40. The van der Waals surface area contributed by atoms with Crippen LogP contribution >= 0.6 is 11.6 Å². The highest BCUT2D eigenvalue weighted by Crippen LogP contribution is 2.23. The second kappa shape index (κ2) is 7.75. The quantitative estimate of drug-likeness (QED) is 0.899. The average molecular weight is 325 g/mol. The van der Waals surface area contributed by atoms with E-state index in [1.54, 1.807) is 0 Å². The number of halogens is 1. The van der Waals surface area contributed by atoms with Gasteiger partial charge in [0.1, 0.15) is 0 Å². The normalized spacial score (nSPS) is 25.5. The third-order valence-electron chi connectivity index (χ3n) is 4.65. The van der Waals surface area contributed by atoms with Gasteiger partial charge in [-0.3, -0.25) is 4.90 Å². The summed E-state index contributed by atoms with van der Waals surface area (Å²) in [6, 6.07) is 7.53. The van der Waals surface area contributed by atoms with Crippen molar-refractivity contribution in [1.82, 2.24) is 9.80 Å². The molecule has 0 radical (unpaired) electrons. The summed E-state index contributed by atoms with van der Waals surface area (Å²) in [6.07, 6.45) is 0.764. The Balaban J connectivity index is 1.46. The number of likely N-dealkylation sites (tertiary alicyclic amines) is 1. The van der Waals surface area contributed by atoms with E-state index in [-0.39, 0.29) is 0 Å². The maximum atomic E-state index is 10.4. The molecule has 1 N–H and O–H groups in total. The van der Waals surface area contributed by atoms with Gasteiger partial charge >= 0.3 is 0 Å². The maximum Gasteiger partial charge on any atom is 0.0917 e. The largest absolute Gasteiger partial charge is 0.387 e. The zero-order valence-corrected chi connectivity index (χ0v) is 13.7. The number of β-amino-alcohol motifs (C(OH)–C–C–N with tert-alkyl or cyclic N) is 1. The molecule has 3 rings (SSSR count). The summed E-state index contributed by atoms with van der Waals surface area (Å²) >= 11 is 6.00. The van der Waals surface area contributed by atoms with Gasteiger partial charge < -0.3 is 14.7 Å². The number of morpholine rings is 1. The highest BCUT2D eigenvalue weighted by Gasteiger charge is 2.26. The molecule has 2 heterocycles. The lowest BCUT2D eigenvalue weighted by molar-refractivity contribution is 0.0308. The number of ether oxygens (including phenoxy) is 1. The fourth-order valence-electron chi connectivity index (χ4n) is 3.44. The van der Waals surface area contributed by atoms with E-state index in [9.17, 15) is 5.11 Å². The molecule has 0 spiro atoms. The molecule has 22 heavy (non-hydrogen) atoms. The highest BCUT2D eigenvalue weighted by atomic mass is 35.5. The van der Waals surface area contributed by atoms with Crippen molar-refractivity contribution in [2.45, 2.75) is 12.5 Å². The van der Waals surface area contributed by atoms with Gasteiger partial charge in [-0.1, -0.05) is 23.7 Å². The molecular weight excluding hydrogens is 300 g/mol. The molecule has 2 aliphatic heterocycles. The standard InChI is InChI=1S/C17H25ClN2O2/c18-16-3-1-2-15(10-16)17(21)13-20-5-4-14(12-20)11-19-6-8-22-9-7-19/h1-3,10,14,17,21H,4-9,11-13H2. The summed E-state index contributed by atoms with van der Waals surface area (Å²) in [6.45, 7) is 7.85. The monoisotopic (exact) mass is 324 g/mol. The van der Waals surface area contributed by atoms with Gasteiger partial charge in [-0.2, -0.15) is 0 Å². The molecule has 4 nitrogen and oxygen atoms in total. The zero-order chi connectivity index (χ0) is 15.4. The molecule has 2 saturated heterocycles. The van der Waals surface area contributed by atoms with Gasteiger partial charge in [-0.15, -0.1) is 0 Å². The van der Waals surface area contributed by atoms with E-state index >= 15 is 0 Å². The first-order valence-electron chi connectivity index (χ1n) is 8.16. The Kier molecular flexibility index (Phi) is 5.71. The molecule has 1 aromatic rings. The van der Waals surface area contributed by atoms with E-state index in [0.29, 0.717) is 17.5 Å². The first-order chi connectivity index (χ1) is 10.7. The van der Waals surface area contributed by atoms with Gasteiger partial charge in [0.2, 0.25) is 0 Å². The number of rotatable bonds is 5. The molecule has 122 valence electrons. The molecular formula is C17H25ClN2O2. The minimum Gasteiger partial charge on any atom is -0.387 e. The van der Waals surface area contributed by atoms with Crippen molar-refractivity contribution in [2.75, 3.05) is 52.5 Å². The first kappa shape index (κ1) is 16.2. The van der Waals surface area contributed by atoms with E-state index in [4.69, 9.17) is 16.3 Å². The van der Waals surface area contributed by atoms with E-state index in [1.165, 1.54) is 6.42 Å². The maximum absolute atomic E-state index is 10.4. The average Bonchev–Trinajstić information content (AvgIpc) is 2.95. The van der Waals surface area contributed by atoms with Crippen LogP contribution in [0.2, 0.25) is 5.02 Å². The van der Waals surface area contributed by atoms with Gasteiger partial charge in [0.15, 0.2) is 0 Å². The van der Waals surface area contributed by atoms with E-state index in [1.807, 2.05) is 24.3 Å². The SMILES string of the molecule is OC(CN1CCC(CN2CCOCC2)C1)c1cccc(Cl)c1. The lowest BCUT2D eigenvalue weighted by Gasteiger charge is -2.29. The minimum atomic E-state index is -0.458. The van der Waals surface area contributed by atoms with Crippen molar-refractivity contribution in [1.29, 1.82) is 0 Å². The second-order valence-corrected chi connectivity index (χ2v) is 6.83. The van der Waals surface area contributed by atoms with Crippen LogP contribution in [0.15, 0.2) is 24.3 Å². The Labute approximate surface area is 137 Å². The molecule has 0 aliphatic carbocycles. The Morgan fingerprint density at radius 3 is 2.82 bits per heavy atom. The molecule has 2 fully saturated rings.